The zero-order chi connectivity index (χ0) is 10.8. The molecule has 2 N–H and O–H groups in total. The second kappa shape index (κ2) is 4.14. The number of nitrogens with one attached hydrogen (secondary N) is 2. The molecule has 1 atom stereocenters. The van der Waals surface area contributed by atoms with Crippen LogP contribution in [0.4, 0.5) is 0 Å². The molecule has 0 radical (unpaired) electrons. The number of fused-ring (bicyclic) bond motifs is 1. The molecule has 0 aliphatic heterocycles. The molecular formula is C11H17N3O. The van der Waals surface area contributed by atoms with Gasteiger partial charge in [-0.25, -0.2) is 4.79 Å². The van der Waals surface area contributed by atoms with Crippen molar-refractivity contribution in [2.75, 3.05) is 7.05 Å². The van der Waals surface area contributed by atoms with E-state index in [-0.39, 0.29) is 5.69 Å². The minimum absolute atomic E-state index is 0.214. The van der Waals surface area contributed by atoms with E-state index in [1.165, 1.54) is 5.56 Å². The SMILES string of the molecule is CNCc1nc(=O)[nH]c2c1CC(C)CC2. The monoisotopic (exact) mass is 207 g/mol. The van der Waals surface area contributed by atoms with Gasteiger partial charge in [0.1, 0.15) is 0 Å². The van der Waals surface area contributed by atoms with Crippen molar-refractivity contribution in [3.63, 3.8) is 0 Å². The molecule has 0 aromatic carbocycles. The van der Waals surface area contributed by atoms with Crippen molar-refractivity contribution >= 4 is 0 Å². The zero-order valence-corrected chi connectivity index (χ0v) is 9.26. The molecule has 0 bridgehead atoms. The first kappa shape index (κ1) is 10.4. The van der Waals surface area contributed by atoms with E-state index in [1.807, 2.05) is 7.05 Å². The fourth-order valence-electron chi connectivity index (χ4n) is 2.21. The summed E-state index contributed by atoms with van der Waals surface area (Å²) in [6, 6.07) is 0. The van der Waals surface area contributed by atoms with Gasteiger partial charge < -0.3 is 10.3 Å². The third-order valence-corrected chi connectivity index (χ3v) is 2.99. The first-order valence-electron chi connectivity index (χ1n) is 5.46. The van der Waals surface area contributed by atoms with Gasteiger partial charge in [0.05, 0.1) is 5.69 Å². The van der Waals surface area contributed by atoms with Crippen molar-refractivity contribution in [2.24, 2.45) is 5.92 Å². The first-order chi connectivity index (χ1) is 7.20. The predicted octanol–water partition coefficient (Wildman–Crippen LogP) is 0.614. The van der Waals surface area contributed by atoms with E-state index in [1.54, 1.807) is 0 Å². The lowest BCUT2D eigenvalue weighted by Crippen LogP contribution is -2.26. The molecule has 1 aliphatic carbocycles. The molecule has 1 unspecified atom stereocenters. The molecule has 4 nitrogen and oxygen atoms in total. The molecule has 1 aromatic rings. The lowest BCUT2D eigenvalue weighted by atomic mass is 9.87. The van der Waals surface area contributed by atoms with E-state index in [4.69, 9.17) is 0 Å². The molecule has 1 aromatic heterocycles. The zero-order valence-electron chi connectivity index (χ0n) is 9.26. The Morgan fingerprint density at radius 3 is 3.13 bits per heavy atom. The Bertz CT molecular complexity index is 411. The molecular weight excluding hydrogens is 190 g/mol. The van der Waals surface area contributed by atoms with Crippen LogP contribution >= 0.6 is 0 Å². The Labute approximate surface area is 89.1 Å². The van der Waals surface area contributed by atoms with Crippen LogP contribution in [0.25, 0.3) is 0 Å². The molecule has 0 fully saturated rings. The minimum Gasteiger partial charge on any atom is -0.314 e. The van der Waals surface area contributed by atoms with E-state index in [0.717, 1.165) is 30.7 Å². The number of hydrogen-bond acceptors (Lipinski definition) is 3. The molecule has 0 saturated heterocycles. The highest BCUT2D eigenvalue weighted by Crippen LogP contribution is 2.24. The molecule has 0 spiro atoms. The summed E-state index contributed by atoms with van der Waals surface area (Å²) in [5, 5.41) is 3.06. The number of rotatable bonds is 2. The molecule has 0 amide bonds. The number of aromatic amines is 1. The topological polar surface area (TPSA) is 57.8 Å². The average molecular weight is 207 g/mol. The van der Waals surface area contributed by atoms with Crippen LogP contribution in [0.15, 0.2) is 4.79 Å². The normalized spacial score (nSPS) is 20.0. The summed E-state index contributed by atoms with van der Waals surface area (Å²) >= 11 is 0. The minimum atomic E-state index is -0.214. The Balaban J connectivity index is 2.45. The second-order valence-electron chi connectivity index (χ2n) is 4.32. The van der Waals surface area contributed by atoms with E-state index in [0.29, 0.717) is 12.5 Å². The number of H-pyrrole nitrogens is 1. The van der Waals surface area contributed by atoms with Gasteiger partial charge in [-0.05, 0) is 37.8 Å². The van der Waals surface area contributed by atoms with Gasteiger partial charge in [0, 0.05) is 12.2 Å². The van der Waals surface area contributed by atoms with Gasteiger partial charge in [0.25, 0.3) is 0 Å². The first-order valence-corrected chi connectivity index (χ1v) is 5.46. The average Bonchev–Trinajstić information content (AvgIpc) is 2.19. The molecule has 1 aliphatic rings. The third kappa shape index (κ3) is 2.09. The highest BCUT2D eigenvalue weighted by Gasteiger charge is 2.19. The van der Waals surface area contributed by atoms with Crippen LogP contribution in [-0.4, -0.2) is 17.0 Å². The summed E-state index contributed by atoms with van der Waals surface area (Å²) in [6.45, 7) is 2.93. The molecule has 4 heteroatoms. The van der Waals surface area contributed by atoms with Crippen LogP contribution in [-0.2, 0) is 19.4 Å². The quantitative estimate of drug-likeness (QED) is 0.747. The number of hydrogen-bond donors (Lipinski definition) is 2. The fourth-order valence-corrected chi connectivity index (χ4v) is 2.21. The van der Waals surface area contributed by atoms with Gasteiger partial charge in [-0.15, -0.1) is 0 Å². The Kier molecular flexibility index (Phi) is 2.86. The molecule has 82 valence electrons. The lowest BCUT2D eigenvalue weighted by Gasteiger charge is -2.22. The van der Waals surface area contributed by atoms with Crippen LogP contribution in [0.2, 0.25) is 0 Å². The van der Waals surface area contributed by atoms with Gasteiger partial charge in [0.2, 0.25) is 0 Å². The van der Waals surface area contributed by atoms with Gasteiger partial charge in [-0.3, -0.25) is 0 Å². The standard InChI is InChI=1S/C11H17N3O/c1-7-3-4-9-8(5-7)10(6-12-2)14-11(15)13-9/h7,12H,3-6H2,1-2H3,(H,13,14,15). The van der Waals surface area contributed by atoms with E-state index >= 15 is 0 Å². The molecule has 1 heterocycles. The largest absolute Gasteiger partial charge is 0.345 e. The van der Waals surface area contributed by atoms with Crippen LogP contribution in [0.5, 0.6) is 0 Å². The van der Waals surface area contributed by atoms with Crippen molar-refractivity contribution in [1.29, 1.82) is 0 Å². The van der Waals surface area contributed by atoms with Crippen molar-refractivity contribution in [2.45, 2.75) is 32.7 Å². The smallest absolute Gasteiger partial charge is 0.314 e. The van der Waals surface area contributed by atoms with E-state index in [2.05, 4.69) is 22.2 Å². The highest BCUT2D eigenvalue weighted by atomic mass is 16.1. The lowest BCUT2D eigenvalue weighted by molar-refractivity contribution is 0.485. The van der Waals surface area contributed by atoms with Gasteiger partial charge in [-0.1, -0.05) is 6.92 Å². The Hall–Kier alpha value is -1.16. The maximum absolute atomic E-state index is 11.3. The summed E-state index contributed by atoms with van der Waals surface area (Å²) < 4.78 is 0. The van der Waals surface area contributed by atoms with Crippen LogP contribution in [0, 0.1) is 5.92 Å². The van der Waals surface area contributed by atoms with Gasteiger partial charge in [-0.2, -0.15) is 4.98 Å². The van der Waals surface area contributed by atoms with Crippen LogP contribution < -0.4 is 11.0 Å². The summed E-state index contributed by atoms with van der Waals surface area (Å²) in [6.07, 6.45) is 3.17. The Morgan fingerprint density at radius 1 is 1.60 bits per heavy atom. The van der Waals surface area contributed by atoms with Crippen LogP contribution in [0.1, 0.15) is 30.3 Å². The number of aromatic nitrogens is 2. The summed E-state index contributed by atoms with van der Waals surface area (Å²) in [5.74, 6) is 0.695. The second-order valence-corrected chi connectivity index (χ2v) is 4.32. The van der Waals surface area contributed by atoms with Crippen molar-refractivity contribution in [3.05, 3.63) is 27.4 Å². The van der Waals surface area contributed by atoms with Crippen molar-refractivity contribution in [3.8, 4) is 0 Å². The highest BCUT2D eigenvalue weighted by molar-refractivity contribution is 5.27. The summed E-state index contributed by atoms with van der Waals surface area (Å²) in [4.78, 5) is 18.2. The Morgan fingerprint density at radius 2 is 2.40 bits per heavy atom. The fraction of sp³-hybridized carbons (Fsp3) is 0.636. The van der Waals surface area contributed by atoms with E-state index < -0.39 is 0 Å². The maximum atomic E-state index is 11.3. The van der Waals surface area contributed by atoms with Crippen LogP contribution in [0.3, 0.4) is 0 Å². The number of nitrogens with zero attached hydrogens (tertiary/aromatic N) is 1. The summed E-state index contributed by atoms with van der Waals surface area (Å²) in [7, 11) is 1.88. The third-order valence-electron chi connectivity index (χ3n) is 2.99. The summed E-state index contributed by atoms with van der Waals surface area (Å²) in [5.41, 5.74) is 3.05. The molecule has 0 saturated carbocycles. The molecule has 15 heavy (non-hydrogen) atoms. The predicted molar refractivity (Wildman–Crippen MR) is 58.8 cm³/mol. The number of aryl methyl sites for hydroxylation is 1. The van der Waals surface area contributed by atoms with Gasteiger partial charge >= 0.3 is 5.69 Å². The van der Waals surface area contributed by atoms with E-state index in [9.17, 15) is 4.79 Å². The maximum Gasteiger partial charge on any atom is 0.345 e. The van der Waals surface area contributed by atoms with Crippen molar-refractivity contribution in [1.82, 2.24) is 15.3 Å². The van der Waals surface area contributed by atoms with Crippen molar-refractivity contribution < 1.29 is 0 Å². The molecule has 2 rings (SSSR count). The van der Waals surface area contributed by atoms with Gasteiger partial charge in [0.15, 0.2) is 0 Å².